The van der Waals surface area contributed by atoms with Crippen LogP contribution in [0.4, 0.5) is 0 Å². The van der Waals surface area contributed by atoms with Crippen LogP contribution in [0, 0.1) is 6.17 Å². The van der Waals surface area contributed by atoms with Gasteiger partial charge in [0.15, 0.2) is 0 Å². The molecule has 4 N–H and O–H groups in total. The van der Waals surface area contributed by atoms with Gasteiger partial charge in [-0.2, -0.15) is 6.92 Å². The summed E-state index contributed by atoms with van der Waals surface area (Å²) in [5.74, 6) is -1.40. The summed E-state index contributed by atoms with van der Waals surface area (Å²) in [5, 5.41) is 24.1. The van der Waals surface area contributed by atoms with Crippen molar-refractivity contribution in [3.05, 3.63) is 65.8 Å². The molecule has 2 rings (SSSR count). The molecule has 0 fully saturated rings. The molecule has 1 radical (unpaired) electrons. The Hall–Kier alpha value is -2.51. The summed E-state index contributed by atoms with van der Waals surface area (Å²) in [7, 11) is 0. The minimum atomic E-state index is -0.548. The van der Waals surface area contributed by atoms with Crippen molar-refractivity contribution in [2.75, 3.05) is 0 Å². The Morgan fingerprint density at radius 3 is 1.52 bits per heavy atom. The molecule has 2 amide bonds. The van der Waals surface area contributed by atoms with E-state index in [0.717, 1.165) is 0 Å². The Labute approximate surface area is 143 Å². The SMILES string of the molecule is C[C-](NC(=O)c1ccccc1O)NC(=O)c1ccccc1O.[Co]. The van der Waals surface area contributed by atoms with E-state index in [-0.39, 0.29) is 45.6 Å². The fraction of sp³-hybridized carbons (Fsp3) is 0.0625. The van der Waals surface area contributed by atoms with E-state index in [1.807, 2.05) is 0 Å². The second-order valence-corrected chi connectivity index (χ2v) is 4.57. The third kappa shape index (κ3) is 4.73. The van der Waals surface area contributed by atoms with Gasteiger partial charge in [0.1, 0.15) is 11.5 Å². The molecule has 123 valence electrons. The first kappa shape index (κ1) is 18.5. The summed E-state index contributed by atoms with van der Waals surface area (Å²) in [6.07, 6.45) is 0.182. The summed E-state index contributed by atoms with van der Waals surface area (Å²) in [6, 6.07) is 12.1. The van der Waals surface area contributed by atoms with Crippen LogP contribution in [0.25, 0.3) is 0 Å². The molecule has 0 aliphatic carbocycles. The van der Waals surface area contributed by atoms with Crippen LogP contribution in [-0.2, 0) is 16.8 Å². The molecule has 7 heteroatoms. The fourth-order valence-corrected chi connectivity index (χ4v) is 1.84. The van der Waals surface area contributed by atoms with Crippen molar-refractivity contribution in [1.82, 2.24) is 10.6 Å². The van der Waals surface area contributed by atoms with Gasteiger partial charge in [-0.05, 0) is 24.3 Å². The number of benzene rings is 2. The van der Waals surface area contributed by atoms with Gasteiger partial charge in [-0.3, -0.25) is 9.59 Å². The molecular weight excluding hydrogens is 343 g/mol. The molecule has 0 saturated carbocycles. The van der Waals surface area contributed by atoms with Gasteiger partial charge >= 0.3 is 0 Å². The molecule has 6 nitrogen and oxygen atoms in total. The molecule has 0 atom stereocenters. The van der Waals surface area contributed by atoms with Crippen molar-refractivity contribution in [2.45, 2.75) is 6.92 Å². The summed E-state index contributed by atoms with van der Waals surface area (Å²) in [4.78, 5) is 23.9. The van der Waals surface area contributed by atoms with Gasteiger partial charge in [-0.15, -0.1) is 6.17 Å². The third-order valence-electron chi connectivity index (χ3n) is 2.90. The summed E-state index contributed by atoms with van der Waals surface area (Å²) < 4.78 is 0. The first-order valence-corrected chi connectivity index (χ1v) is 6.51. The summed E-state index contributed by atoms with van der Waals surface area (Å²) in [5.41, 5.74) is 0.192. The van der Waals surface area contributed by atoms with Gasteiger partial charge < -0.3 is 20.8 Å². The average Bonchev–Trinajstić information content (AvgIpc) is 2.47. The second kappa shape index (κ2) is 8.21. The normalized spacial score (nSPS) is 9.83. The van der Waals surface area contributed by atoms with E-state index in [1.165, 1.54) is 31.2 Å². The second-order valence-electron chi connectivity index (χ2n) is 4.57. The Morgan fingerprint density at radius 1 is 0.826 bits per heavy atom. The third-order valence-corrected chi connectivity index (χ3v) is 2.90. The smallest absolute Gasteiger partial charge is 0.227 e. The van der Waals surface area contributed by atoms with Crippen LogP contribution >= 0.6 is 0 Å². The molecule has 0 unspecified atom stereocenters. The van der Waals surface area contributed by atoms with Crippen LogP contribution in [-0.4, -0.2) is 22.0 Å². The predicted molar refractivity (Wildman–Crippen MR) is 80.1 cm³/mol. The zero-order valence-electron chi connectivity index (χ0n) is 12.2. The van der Waals surface area contributed by atoms with Gasteiger partial charge in [0.05, 0.1) is 11.1 Å². The van der Waals surface area contributed by atoms with E-state index in [1.54, 1.807) is 24.3 Å². The molecule has 0 aliphatic heterocycles. The van der Waals surface area contributed by atoms with Crippen LogP contribution in [0.15, 0.2) is 48.5 Å². The van der Waals surface area contributed by atoms with Gasteiger partial charge in [0, 0.05) is 16.8 Å². The van der Waals surface area contributed by atoms with Gasteiger partial charge in [0.2, 0.25) is 11.8 Å². The maximum atomic E-state index is 12.0. The molecule has 0 bridgehead atoms. The number of phenolic OH excluding ortho intramolecular Hbond substituents is 2. The molecular formula is C16H15CoN2O4-. The number of carbonyl (C=O) groups excluding carboxylic acids is 2. The number of aromatic hydroxyl groups is 2. The number of amides is 2. The first-order valence-electron chi connectivity index (χ1n) is 6.51. The standard InChI is InChI=1S/C16H15N2O4.Co/c1-10(17-15(21)11-6-2-4-8-13(11)19)18-16(22)12-7-3-5-9-14(12)20;/h2-9,19-20H,1H3,(H,17,21)(H,18,22);/q-1;. The van der Waals surface area contributed by atoms with Crippen molar-refractivity contribution in [3.63, 3.8) is 0 Å². The van der Waals surface area contributed by atoms with Gasteiger partial charge in [-0.25, -0.2) is 0 Å². The van der Waals surface area contributed by atoms with Crippen LogP contribution in [0.2, 0.25) is 0 Å². The van der Waals surface area contributed by atoms with Crippen molar-refractivity contribution in [2.24, 2.45) is 0 Å². The van der Waals surface area contributed by atoms with E-state index in [0.29, 0.717) is 0 Å². The molecule has 0 saturated heterocycles. The number of rotatable bonds is 4. The Morgan fingerprint density at radius 2 is 1.17 bits per heavy atom. The van der Waals surface area contributed by atoms with Gasteiger partial charge in [-0.1, -0.05) is 24.3 Å². The Balaban J connectivity index is 0.00000264. The number of hydrogen-bond donors (Lipinski definition) is 4. The number of hydrogen-bond acceptors (Lipinski definition) is 4. The Bertz CT molecular complexity index is 646. The summed E-state index contributed by atoms with van der Waals surface area (Å²) in [6.45, 7) is 1.50. The number of phenols is 2. The van der Waals surface area contributed by atoms with Crippen LogP contribution < -0.4 is 10.6 Å². The first-order chi connectivity index (χ1) is 10.5. The molecule has 0 aliphatic rings. The zero-order chi connectivity index (χ0) is 16.1. The molecule has 2 aromatic carbocycles. The quantitative estimate of drug-likeness (QED) is 0.626. The number of para-hydroxylation sites is 2. The molecule has 0 heterocycles. The fourth-order valence-electron chi connectivity index (χ4n) is 1.84. The van der Waals surface area contributed by atoms with Crippen molar-refractivity contribution < 1.29 is 36.6 Å². The molecule has 0 aromatic heterocycles. The van der Waals surface area contributed by atoms with Crippen molar-refractivity contribution in [1.29, 1.82) is 0 Å². The van der Waals surface area contributed by atoms with Crippen LogP contribution in [0.3, 0.4) is 0 Å². The molecule has 0 spiro atoms. The van der Waals surface area contributed by atoms with E-state index in [2.05, 4.69) is 10.6 Å². The number of nitrogens with one attached hydrogen (secondary N) is 2. The molecule has 2 aromatic rings. The topological polar surface area (TPSA) is 98.7 Å². The maximum absolute atomic E-state index is 12.0. The van der Waals surface area contributed by atoms with Crippen LogP contribution in [0.5, 0.6) is 11.5 Å². The van der Waals surface area contributed by atoms with E-state index < -0.39 is 11.8 Å². The Kier molecular flexibility index (Phi) is 6.61. The minimum absolute atomic E-state index is 0. The maximum Gasteiger partial charge on any atom is 0.227 e. The van der Waals surface area contributed by atoms with Crippen LogP contribution in [0.1, 0.15) is 27.6 Å². The van der Waals surface area contributed by atoms with Crippen molar-refractivity contribution >= 4 is 11.8 Å². The largest absolute Gasteiger partial charge is 0.507 e. The van der Waals surface area contributed by atoms with Crippen molar-refractivity contribution in [3.8, 4) is 11.5 Å². The predicted octanol–water partition coefficient (Wildman–Crippen LogP) is 1.76. The molecule has 23 heavy (non-hydrogen) atoms. The zero-order valence-corrected chi connectivity index (χ0v) is 13.2. The van der Waals surface area contributed by atoms with Gasteiger partial charge in [0.25, 0.3) is 0 Å². The van der Waals surface area contributed by atoms with E-state index in [9.17, 15) is 19.8 Å². The minimum Gasteiger partial charge on any atom is -0.507 e. The number of carbonyl (C=O) groups is 2. The van der Waals surface area contributed by atoms with E-state index >= 15 is 0 Å². The average molecular weight is 358 g/mol. The monoisotopic (exact) mass is 358 g/mol. The summed E-state index contributed by atoms with van der Waals surface area (Å²) >= 11 is 0. The van der Waals surface area contributed by atoms with E-state index in [4.69, 9.17) is 0 Å².